The quantitative estimate of drug-likeness (QED) is 0.851. The van der Waals surface area contributed by atoms with Crippen LogP contribution in [0.25, 0.3) is 11.3 Å². The number of aromatic nitrogens is 4. The van der Waals surface area contributed by atoms with E-state index in [1.165, 1.54) is 0 Å². The smallest absolute Gasteiger partial charge is 0.0951 e. The molecule has 0 saturated carbocycles. The summed E-state index contributed by atoms with van der Waals surface area (Å²) in [6.45, 7) is 5.84. The lowest BCUT2D eigenvalue weighted by Gasteiger charge is -2.11. The van der Waals surface area contributed by atoms with E-state index in [0.29, 0.717) is 0 Å². The molecule has 2 aromatic rings. The zero-order valence-corrected chi connectivity index (χ0v) is 10.4. The predicted molar refractivity (Wildman–Crippen MR) is 67.4 cm³/mol. The van der Waals surface area contributed by atoms with Crippen molar-refractivity contribution in [3.8, 4) is 11.3 Å². The molecule has 5 nitrogen and oxygen atoms in total. The molecule has 2 N–H and O–H groups in total. The third kappa shape index (κ3) is 2.55. The molecule has 0 saturated heterocycles. The molecule has 0 aromatic carbocycles. The number of aryl methyl sites for hydroxylation is 1. The van der Waals surface area contributed by atoms with Gasteiger partial charge < -0.3 is 10.3 Å². The number of rotatable bonds is 5. The molecule has 0 bridgehead atoms. The molecule has 1 unspecified atom stereocenters. The molecule has 2 heterocycles. The van der Waals surface area contributed by atoms with Gasteiger partial charge in [0, 0.05) is 30.9 Å². The Morgan fingerprint density at radius 1 is 1.35 bits per heavy atom. The van der Waals surface area contributed by atoms with Crippen molar-refractivity contribution in [2.24, 2.45) is 5.73 Å². The fourth-order valence-electron chi connectivity index (χ4n) is 1.76. The van der Waals surface area contributed by atoms with Crippen molar-refractivity contribution in [3.63, 3.8) is 0 Å². The van der Waals surface area contributed by atoms with E-state index < -0.39 is 0 Å². The lowest BCUT2D eigenvalue weighted by molar-refractivity contribution is 0.542. The normalized spacial score (nSPS) is 12.9. The zero-order chi connectivity index (χ0) is 12.3. The summed E-state index contributed by atoms with van der Waals surface area (Å²) in [6.07, 6.45) is 8.55. The van der Waals surface area contributed by atoms with Gasteiger partial charge >= 0.3 is 0 Å². The highest BCUT2D eigenvalue weighted by atomic mass is 15.3. The minimum Gasteiger partial charge on any atom is -0.329 e. The number of nitrogens with two attached hydrogens (primary N) is 1. The van der Waals surface area contributed by atoms with Crippen LogP contribution in [0.1, 0.15) is 20.3 Å². The summed E-state index contributed by atoms with van der Waals surface area (Å²) in [5.41, 5.74) is 8.14. The van der Waals surface area contributed by atoms with Crippen molar-refractivity contribution in [1.82, 2.24) is 19.3 Å². The van der Waals surface area contributed by atoms with E-state index in [1.54, 1.807) is 0 Å². The molecule has 2 aromatic heterocycles. The van der Waals surface area contributed by atoms with E-state index in [-0.39, 0.29) is 6.04 Å². The van der Waals surface area contributed by atoms with E-state index >= 15 is 0 Å². The highest BCUT2D eigenvalue weighted by molar-refractivity contribution is 5.56. The Kier molecular flexibility index (Phi) is 3.58. The summed E-state index contributed by atoms with van der Waals surface area (Å²) in [5, 5.41) is 4.28. The summed E-state index contributed by atoms with van der Waals surface area (Å²) >= 11 is 0. The molecule has 92 valence electrons. The van der Waals surface area contributed by atoms with Crippen LogP contribution in [-0.2, 0) is 13.1 Å². The molecule has 0 fully saturated rings. The van der Waals surface area contributed by atoms with E-state index in [1.807, 2.05) is 29.6 Å². The van der Waals surface area contributed by atoms with Crippen molar-refractivity contribution in [2.75, 3.05) is 0 Å². The number of imidazole rings is 1. The van der Waals surface area contributed by atoms with Crippen molar-refractivity contribution in [1.29, 1.82) is 0 Å². The van der Waals surface area contributed by atoms with Crippen molar-refractivity contribution in [3.05, 3.63) is 24.9 Å². The molecule has 0 aliphatic carbocycles. The second-order valence-corrected chi connectivity index (χ2v) is 4.18. The first-order valence-electron chi connectivity index (χ1n) is 6.03. The number of nitrogens with zero attached hydrogens (tertiary/aromatic N) is 4. The van der Waals surface area contributed by atoms with Crippen LogP contribution in [0.4, 0.5) is 0 Å². The summed E-state index contributed by atoms with van der Waals surface area (Å²) in [6, 6.07) is 0.171. The first-order valence-corrected chi connectivity index (χ1v) is 6.03. The lowest BCUT2D eigenvalue weighted by atomic mass is 10.2. The van der Waals surface area contributed by atoms with Crippen LogP contribution < -0.4 is 5.73 Å². The largest absolute Gasteiger partial charge is 0.329 e. The van der Waals surface area contributed by atoms with Gasteiger partial charge in [0.25, 0.3) is 0 Å². The SMILES string of the molecule is CCC(N)Cn1cncc1-c1cnn(CC)c1. The molecule has 5 heteroatoms. The fraction of sp³-hybridized carbons (Fsp3) is 0.500. The van der Waals surface area contributed by atoms with Gasteiger partial charge in [0.15, 0.2) is 0 Å². The Morgan fingerprint density at radius 3 is 2.82 bits per heavy atom. The fourth-order valence-corrected chi connectivity index (χ4v) is 1.76. The van der Waals surface area contributed by atoms with Crippen LogP contribution in [-0.4, -0.2) is 25.4 Å². The van der Waals surface area contributed by atoms with Crippen LogP contribution in [0.15, 0.2) is 24.9 Å². The van der Waals surface area contributed by atoms with Gasteiger partial charge in [-0.3, -0.25) is 4.68 Å². The molecule has 0 amide bonds. The molecule has 0 radical (unpaired) electrons. The average molecular weight is 233 g/mol. The summed E-state index contributed by atoms with van der Waals surface area (Å²) in [7, 11) is 0. The minimum absolute atomic E-state index is 0.171. The van der Waals surface area contributed by atoms with Gasteiger partial charge in [-0.2, -0.15) is 5.10 Å². The Balaban J connectivity index is 2.23. The van der Waals surface area contributed by atoms with Gasteiger partial charge in [0.2, 0.25) is 0 Å². The van der Waals surface area contributed by atoms with Crippen LogP contribution in [0.3, 0.4) is 0 Å². The second kappa shape index (κ2) is 5.14. The lowest BCUT2D eigenvalue weighted by Crippen LogP contribution is -2.25. The van der Waals surface area contributed by atoms with E-state index in [4.69, 9.17) is 5.73 Å². The van der Waals surface area contributed by atoms with Crippen molar-refractivity contribution in [2.45, 2.75) is 39.4 Å². The third-order valence-corrected chi connectivity index (χ3v) is 2.92. The van der Waals surface area contributed by atoms with Gasteiger partial charge in [-0.1, -0.05) is 6.92 Å². The van der Waals surface area contributed by atoms with Gasteiger partial charge in [0.05, 0.1) is 24.4 Å². The molecule has 0 aliphatic heterocycles. The minimum atomic E-state index is 0.171. The zero-order valence-electron chi connectivity index (χ0n) is 10.4. The second-order valence-electron chi connectivity index (χ2n) is 4.18. The maximum Gasteiger partial charge on any atom is 0.0951 e. The van der Waals surface area contributed by atoms with E-state index in [0.717, 1.165) is 30.8 Å². The van der Waals surface area contributed by atoms with Gasteiger partial charge in [-0.05, 0) is 13.3 Å². The first-order chi connectivity index (χ1) is 8.24. The van der Waals surface area contributed by atoms with Crippen LogP contribution in [0, 0.1) is 0 Å². The van der Waals surface area contributed by atoms with E-state index in [9.17, 15) is 0 Å². The molecular formula is C12H19N5. The Bertz CT molecular complexity index is 471. The molecule has 0 aliphatic rings. The topological polar surface area (TPSA) is 61.7 Å². The van der Waals surface area contributed by atoms with Gasteiger partial charge in [0.1, 0.15) is 0 Å². The van der Waals surface area contributed by atoms with Crippen LogP contribution in [0.2, 0.25) is 0 Å². The number of hydrogen-bond donors (Lipinski definition) is 1. The average Bonchev–Trinajstić information content (AvgIpc) is 2.96. The highest BCUT2D eigenvalue weighted by Gasteiger charge is 2.09. The molecule has 2 rings (SSSR count). The summed E-state index contributed by atoms with van der Waals surface area (Å²) in [4.78, 5) is 4.19. The standard InChI is InChI=1S/C12H19N5/c1-3-11(13)8-16-9-14-6-12(16)10-5-15-17(4-2)7-10/h5-7,9,11H,3-4,8,13H2,1-2H3. The summed E-state index contributed by atoms with van der Waals surface area (Å²) < 4.78 is 4.00. The van der Waals surface area contributed by atoms with Crippen molar-refractivity contribution >= 4 is 0 Å². The Morgan fingerprint density at radius 2 is 2.18 bits per heavy atom. The van der Waals surface area contributed by atoms with Gasteiger partial charge in [-0.15, -0.1) is 0 Å². The van der Waals surface area contributed by atoms with Crippen LogP contribution >= 0.6 is 0 Å². The van der Waals surface area contributed by atoms with Gasteiger partial charge in [-0.25, -0.2) is 4.98 Å². The van der Waals surface area contributed by atoms with Crippen molar-refractivity contribution < 1.29 is 0 Å². The maximum absolute atomic E-state index is 5.97. The maximum atomic E-state index is 5.97. The first kappa shape index (κ1) is 11.9. The molecule has 17 heavy (non-hydrogen) atoms. The van der Waals surface area contributed by atoms with E-state index in [2.05, 4.69) is 28.5 Å². The monoisotopic (exact) mass is 233 g/mol. The predicted octanol–water partition coefficient (Wildman–Crippen LogP) is 1.50. The third-order valence-electron chi connectivity index (χ3n) is 2.92. The molecule has 1 atom stereocenters. The number of hydrogen-bond acceptors (Lipinski definition) is 3. The highest BCUT2D eigenvalue weighted by Crippen LogP contribution is 2.18. The Labute approximate surface area is 101 Å². The summed E-state index contributed by atoms with van der Waals surface area (Å²) in [5.74, 6) is 0. The van der Waals surface area contributed by atoms with Crippen LogP contribution in [0.5, 0.6) is 0 Å². The Hall–Kier alpha value is -1.62. The molecule has 0 spiro atoms. The molecular weight excluding hydrogens is 214 g/mol.